The molecule has 4 heteroatoms. The van der Waals surface area contributed by atoms with Crippen molar-refractivity contribution in [1.82, 2.24) is 9.88 Å². The van der Waals surface area contributed by atoms with Crippen LogP contribution < -0.4 is 5.73 Å². The van der Waals surface area contributed by atoms with E-state index in [2.05, 4.69) is 4.98 Å². The first-order valence-corrected chi connectivity index (χ1v) is 6.22. The van der Waals surface area contributed by atoms with E-state index in [0.717, 1.165) is 6.42 Å². The number of pyridine rings is 1. The van der Waals surface area contributed by atoms with Gasteiger partial charge in [-0.15, -0.1) is 0 Å². The Balaban J connectivity index is 2.51. The highest BCUT2D eigenvalue weighted by Crippen LogP contribution is 2.18. The molecule has 100 valence electrons. The lowest BCUT2D eigenvalue weighted by Crippen LogP contribution is -2.49. The number of aromatic nitrogens is 1. The molecule has 0 aliphatic carbocycles. The van der Waals surface area contributed by atoms with Crippen LogP contribution in [0.3, 0.4) is 0 Å². The van der Waals surface area contributed by atoms with Crippen LogP contribution in [0.1, 0.15) is 26.3 Å². The van der Waals surface area contributed by atoms with E-state index >= 15 is 0 Å². The second-order valence-corrected chi connectivity index (χ2v) is 5.71. The Hall–Kier alpha value is -1.42. The molecule has 0 saturated carbocycles. The molecule has 18 heavy (non-hydrogen) atoms. The number of hydrogen-bond donors (Lipinski definition) is 1. The van der Waals surface area contributed by atoms with Crippen LogP contribution in [0.4, 0.5) is 0 Å². The summed E-state index contributed by atoms with van der Waals surface area (Å²) in [5.74, 6) is -0.00319. The maximum atomic E-state index is 12.1. The van der Waals surface area contributed by atoms with E-state index in [1.165, 1.54) is 5.56 Å². The summed E-state index contributed by atoms with van der Waals surface area (Å²) in [5.41, 5.74) is 6.93. The second-order valence-electron chi connectivity index (χ2n) is 5.71. The smallest absolute Gasteiger partial charge is 0.239 e. The molecular weight excluding hydrogens is 226 g/mol. The van der Waals surface area contributed by atoms with E-state index in [-0.39, 0.29) is 11.3 Å². The fourth-order valence-electron chi connectivity index (χ4n) is 1.56. The monoisotopic (exact) mass is 249 g/mol. The molecule has 0 bridgehead atoms. The van der Waals surface area contributed by atoms with Gasteiger partial charge in [0, 0.05) is 26.0 Å². The minimum Gasteiger partial charge on any atom is -0.344 e. The van der Waals surface area contributed by atoms with Gasteiger partial charge in [0.25, 0.3) is 0 Å². The first-order valence-electron chi connectivity index (χ1n) is 6.22. The average Bonchev–Trinajstić information content (AvgIpc) is 2.34. The molecule has 0 spiro atoms. The van der Waals surface area contributed by atoms with E-state index < -0.39 is 6.04 Å². The van der Waals surface area contributed by atoms with Gasteiger partial charge in [-0.3, -0.25) is 9.78 Å². The zero-order valence-corrected chi connectivity index (χ0v) is 11.7. The summed E-state index contributed by atoms with van der Waals surface area (Å²) < 4.78 is 0. The summed E-state index contributed by atoms with van der Waals surface area (Å²) in [6.07, 6.45) is 4.34. The van der Waals surface area contributed by atoms with Crippen molar-refractivity contribution in [3.05, 3.63) is 30.1 Å². The van der Waals surface area contributed by atoms with Crippen LogP contribution in [-0.4, -0.2) is 35.4 Å². The van der Waals surface area contributed by atoms with Crippen LogP contribution in [0.2, 0.25) is 0 Å². The lowest BCUT2D eigenvalue weighted by atomic mass is 9.86. The molecule has 0 aliphatic rings. The zero-order valence-electron chi connectivity index (χ0n) is 11.7. The standard InChI is InChI=1S/C14H23N3O/c1-14(2,3)12(15)13(18)17(4)10-7-11-5-8-16-9-6-11/h5-6,8-9,12H,7,10,15H2,1-4H3/t12-/m1/s1. The maximum absolute atomic E-state index is 12.1. The van der Waals surface area contributed by atoms with Gasteiger partial charge in [0.15, 0.2) is 0 Å². The van der Waals surface area contributed by atoms with E-state index in [9.17, 15) is 4.79 Å². The van der Waals surface area contributed by atoms with Gasteiger partial charge in [0.1, 0.15) is 0 Å². The number of carbonyl (C=O) groups is 1. The second kappa shape index (κ2) is 5.96. The summed E-state index contributed by atoms with van der Waals surface area (Å²) in [6.45, 7) is 6.61. The third-order valence-electron chi connectivity index (χ3n) is 3.06. The molecule has 0 unspecified atom stereocenters. The normalized spacial score (nSPS) is 13.2. The molecule has 1 amide bonds. The fraction of sp³-hybridized carbons (Fsp3) is 0.571. The molecule has 4 nitrogen and oxygen atoms in total. The number of hydrogen-bond acceptors (Lipinski definition) is 3. The number of nitrogens with two attached hydrogens (primary N) is 1. The zero-order chi connectivity index (χ0) is 13.8. The van der Waals surface area contributed by atoms with Crippen molar-refractivity contribution >= 4 is 5.91 Å². The molecule has 1 atom stereocenters. The molecule has 1 heterocycles. The Morgan fingerprint density at radius 1 is 1.39 bits per heavy atom. The number of carbonyl (C=O) groups excluding carboxylic acids is 1. The molecular formula is C14H23N3O. The van der Waals surface area contributed by atoms with Gasteiger partial charge < -0.3 is 10.6 Å². The quantitative estimate of drug-likeness (QED) is 0.878. The van der Waals surface area contributed by atoms with Crippen molar-refractivity contribution in [2.45, 2.75) is 33.2 Å². The van der Waals surface area contributed by atoms with Crippen molar-refractivity contribution in [3.63, 3.8) is 0 Å². The Morgan fingerprint density at radius 3 is 2.44 bits per heavy atom. The van der Waals surface area contributed by atoms with Gasteiger partial charge in [0.05, 0.1) is 6.04 Å². The lowest BCUT2D eigenvalue weighted by Gasteiger charge is -2.30. The molecule has 0 radical (unpaired) electrons. The van der Waals surface area contributed by atoms with Crippen molar-refractivity contribution < 1.29 is 4.79 Å². The molecule has 2 N–H and O–H groups in total. The highest BCUT2D eigenvalue weighted by Gasteiger charge is 2.29. The Morgan fingerprint density at radius 2 is 1.94 bits per heavy atom. The average molecular weight is 249 g/mol. The van der Waals surface area contributed by atoms with Gasteiger partial charge in [-0.25, -0.2) is 0 Å². The fourth-order valence-corrected chi connectivity index (χ4v) is 1.56. The van der Waals surface area contributed by atoms with Crippen LogP contribution in [0.5, 0.6) is 0 Å². The number of amides is 1. The SMILES string of the molecule is CN(CCc1ccncc1)C(=O)[C@@H](N)C(C)(C)C. The summed E-state index contributed by atoms with van der Waals surface area (Å²) in [4.78, 5) is 17.8. The maximum Gasteiger partial charge on any atom is 0.239 e. The largest absolute Gasteiger partial charge is 0.344 e. The number of rotatable bonds is 4. The summed E-state index contributed by atoms with van der Waals surface area (Å²) in [7, 11) is 1.80. The van der Waals surface area contributed by atoms with Gasteiger partial charge in [-0.2, -0.15) is 0 Å². The van der Waals surface area contributed by atoms with Crippen LogP contribution in [-0.2, 0) is 11.2 Å². The predicted molar refractivity (Wildman–Crippen MR) is 73.0 cm³/mol. The topological polar surface area (TPSA) is 59.2 Å². The first kappa shape index (κ1) is 14.6. The van der Waals surface area contributed by atoms with Crippen molar-refractivity contribution in [2.24, 2.45) is 11.1 Å². The number of likely N-dealkylation sites (N-methyl/N-ethyl adjacent to an activating group) is 1. The summed E-state index contributed by atoms with van der Waals surface area (Å²) >= 11 is 0. The van der Waals surface area contributed by atoms with E-state index in [4.69, 9.17) is 5.73 Å². The van der Waals surface area contributed by atoms with Gasteiger partial charge in [-0.05, 0) is 29.5 Å². The van der Waals surface area contributed by atoms with Gasteiger partial charge >= 0.3 is 0 Å². The highest BCUT2D eigenvalue weighted by atomic mass is 16.2. The Kier molecular flexibility index (Phi) is 4.84. The predicted octanol–water partition coefficient (Wildman–Crippen LogP) is 1.46. The van der Waals surface area contributed by atoms with Crippen LogP contribution >= 0.6 is 0 Å². The van der Waals surface area contributed by atoms with Crippen molar-refractivity contribution in [3.8, 4) is 0 Å². The lowest BCUT2D eigenvalue weighted by molar-refractivity contribution is -0.133. The highest BCUT2D eigenvalue weighted by molar-refractivity contribution is 5.82. The van der Waals surface area contributed by atoms with Crippen molar-refractivity contribution in [2.75, 3.05) is 13.6 Å². The van der Waals surface area contributed by atoms with E-state index in [0.29, 0.717) is 6.54 Å². The van der Waals surface area contributed by atoms with Crippen LogP contribution in [0.25, 0.3) is 0 Å². The molecule has 0 saturated heterocycles. The Labute approximate surface area is 109 Å². The third kappa shape index (κ3) is 4.11. The van der Waals surface area contributed by atoms with Crippen molar-refractivity contribution in [1.29, 1.82) is 0 Å². The van der Waals surface area contributed by atoms with E-state index in [1.54, 1.807) is 24.3 Å². The molecule has 0 fully saturated rings. The minimum absolute atomic E-state index is 0.00319. The first-order chi connectivity index (χ1) is 8.32. The van der Waals surface area contributed by atoms with Crippen LogP contribution in [0, 0.1) is 5.41 Å². The molecule has 1 aromatic heterocycles. The van der Waals surface area contributed by atoms with E-state index in [1.807, 2.05) is 32.9 Å². The molecule has 0 aliphatic heterocycles. The summed E-state index contributed by atoms with van der Waals surface area (Å²) in [5, 5.41) is 0. The minimum atomic E-state index is -0.458. The molecule has 1 rings (SSSR count). The van der Waals surface area contributed by atoms with Gasteiger partial charge in [-0.1, -0.05) is 20.8 Å². The Bertz CT molecular complexity index is 384. The third-order valence-corrected chi connectivity index (χ3v) is 3.06. The molecule has 1 aromatic rings. The summed E-state index contributed by atoms with van der Waals surface area (Å²) in [6, 6.07) is 3.46. The van der Waals surface area contributed by atoms with Crippen LogP contribution in [0.15, 0.2) is 24.5 Å². The molecule has 0 aromatic carbocycles. The van der Waals surface area contributed by atoms with Gasteiger partial charge in [0.2, 0.25) is 5.91 Å². The number of nitrogens with zero attached hydrogens (tertiary/aromatic N) is 2.